The first kappa shape index (κ1) is 16.2. The molecule has 1 unspecified atom stereocenters. The van der Waals surface area contributed by atoms with Crippen molar-refractivity contribution in [2.45, 2.75) is 37.5 Å². The van der Waals surface area contributed by atoms with Crippen LogP contribution in [0.4, 0.5) is 10.1 Å². The molecule has 2 saturated heterocycles. The van der Waals surface area contributed by atoms with E-state index in [-0.39, 0.29) is 24.5 Å². The van der Waals surface area contributed by atoms with Gasteiger partial charge < -0.3 is 15.5 Å². The number of amides is 1. The van der Waals surface area contributed by atoms with Gasteiger partial charge in [0.05, 0.1) is 6.04 Å². The first-order chi connectivity index (χ1) is 11.6. The summed E-state index contributed by atoms with van der Waals surface area (Å²) in [5, 5.41) is 6.90. The molecule has 4 rings (SSSR count). The molecule has 3 aliphatic rings. The van der Waals surface area contributed by atoms with E-state index >= 15 is 0 Å². The van der Waals surface area contributed by atoms with Gasteiger partial charge in [-0.2, -0.15) is 0 Å². The van der Waals surface area contributed by atoms with Gasteiger partial charge in [0.1, 0.15) is 6.17 Å². The Kier molecular flexibility index (Phi) is 4.39. The molecule has 6 heteroatoms. The van der Waals surface area contributed by atoms with Crippen molar-refractivity contribution < 1.29 is 9.18 Å². The predicted molar refractivity (Wildman–Crippen MR) is 93.1 cm³/mol. The molecule has 1 aromatic carbocycles. The number of carbonyl (C=O) groups excluding carboxylic acids is 1. The molecule has 1 aromatic rings. The number of carbonyl (C=O) groups is 1. The van der Waals surface area contributed by atoms with Crippen LogP contribution in [0.2, 0.25) is 5.02 Å². The Morgan fingerprint density at radius 3 is 2.96 bits per heavy atom. The minimum absolute atomic E-state index is 0.0398. The van der Waals surface area contributed by atoms with Gasteiger partial charge >= 0.3 is 0 Å². The first-order valence-electron chi connectivity index (χ1n) is 8.78. The fraction of sp³-hybridized carbons (Fsp3) is 0.611. The van der Waals surface area contributed by atoms with Crippen LogP contribution in [-0.4, -0.2) is 43.8 Å². The number of rotatable bonds is 3. The molecule has 0 spiro atoms. The largest absolute Gasteiger partial charge is 0.371 e. The summed E-state index contributed by atoms with van der Waals surface area (Å²) in [5.41, 5.74) is 1.15. The molecule has 0 bridgehead atoms. The van der Waals surface area contributed by atoms with Crippen LogP contribution in [0.3, 0.4) is 0 Å². The molecule has 130 valence electrons. The average Bonchev–Trinajstić information content (AvgIpc) is 3.24. The molecule has 3 fully saturated rings. The molecule has 2 N–H and O–H groups in total. The summed E-state index contributed by atoms with van der Waals surface area (Å²) in [6.45, 7) is 2.25. The number of nitrogens with zero attached hydrogens (tertiary/aromatic N) is 1. The van der Waals surface area contributed by atoms with Gasteiger partial charge in [-0.15, -0.1) is 0 Å². The maximum absolute atomic E-state index is 13.3. The zero-order chi connectivity index (χ0) is 16.7. The maximum Gasteiger partial charge on any atom is 0.237 e. The third kappa shape index (κ3) is 3.11. The van der Waals surface area contributed by atoms with Gasteiger partial charge in [0.2, 0.25) is 5.91 Å². The molecular formula is C18H23ClFN3O. The van der Waals surface area contributed by atoms with Crippen LogP contribution < -0.4 is 15.5 Å². The van der Waals surface area contributed by atoms with Crippen LogP contribution in [0.15, 0.2) is 24.3 Å². The number of nitrogens with one attached hydrogen (secondary N) is 2. The van der Waals surface area contributed by atoms with Crippen molar-refractivity contribution in [2.75, 3.05) is 24.5 Å². The van der Waals surface area contributed by atoms with Crippen LogP contribution >= 0.6 is 11.6 Å². The minimum atomic E-state index is -0.901. The van der Waals surface area contributed by atoms with Gasteiger partial charge in [0, 0.05) is 48.7 Å². The number of anilines is 1. The summed E-state index contributed by atoms with van der Waals surface area (Å²) in [5.74, 6) is 1.04. The lowest BCUT2D eigenvalue weighted by molar-refractivity contribution is -0.123. The van der Waals surface area contributed by atoms with Crippen LogP contribution in [0.5, 0.6) is 0 Å². The average molecular weight is 352 g/mol. The Balaban J connectivity index is 1.38. The molecule has 2 heterocycles. The van der Waals surface area contributed by atoms with Gasteiger partial charge in [0.25, 0.3) is 0 Å². The highest BCUT2D eigenvalue weighted by atomic mass is 35.5. The molecule has 4 nitrogen and oxygen atoms in total. The molecule has 0 radical (unpaired) electrons. The maximum atomic E-state index is 13.3. The van der Waals surface area contributed by atoms with Gasteiger partial charge in [-0.3, -0.25) is 4.79 Å². The van der Waals surface area contributed by atoms with Crippen molar-refractivity contribution in [2.24, 2.45) is 11.8 Å². The number of alkyl halides is 1. The van der Waals surface area contributed by atoms with E-state index < -0.39 is 6.17 Å². The van der Waals surface area contributed by atoms with Gasteiger partial charge in [-0.05, 0) is 37.0 Å². The molecule has 2 aliphatic heterocycles. The smallest absolute Gasteiger partial charge is 0.237 e. The number of benzene rings is 1. The Hall–Kier alpha value is -1.33. The zero-order valence-electron chi connectivity index (χ0n) is 13.6. The molecule has 1 saturated carbocycles. The second-order valence-corrected chi connectivity index (χ2v) is 7.73. The standard InChI is InChI=1S/C18H23ClFN3O/c19-12-2-1-3-14(6-12)23-9-11-4-5-16(15(11)10-23)22-18(24)17-7-13(20)8-21-17/h1-3,6,11,13,15-17,21H,4-5,7-10H2,(H,22,24)/t11-,13?,15+,16+,17+/m1/s1. The SMILES string of the molecule is O=C(N[C@H]1CC[C@@H]2CN(c3cccc(Cl)c3)C[C@@H]21)[C@@H]1CC(F)CN1. The monoisotopic (exact) mass is 351 g/mol. The Morgan fingerprint density at radius 1 is 1.33 bits per heavy atom. The summed E-state index contributed by atoms with van der Waals surface area (Å²) < 4.78 is 13.3. The number of fused-ring (bicyclic) bond motifs is 1. The number of halogens is 2. The Morgan fingerprint density at radius 2 is 2.21 bits per heavy atom. The van der Waals surface area contributed by atoms with Gasteiger partial charge in [0.15, 0.2) is 0 Å². The van der Waals surface area contributed by atoms with Crippen molar-refractivity contribution in [3.05, 3.63) is 29.3 Å². The van der Waals surface area contributed by atoms with Gasteiger partial charge in [-0.1, -0.05) is 17.7 Å². The predicted octanol–water partition coefficient (Wildman–Crippen LogP) is 2.37. The quantitative estimate of drug-likeness (QED) is 0.878. The molecule has 5 atom stereocenters. The third-order valence-electron chi connectivity index (χ3n) is 5.75. The van der Waals surface area contributed by atoms with E-state index in [1.807, 2.05) is 18.2 Å². The fourth-order valence-corrected chi connectivity index (χ4v) is 4.69. The lowest BCUT2D eigenvalue weighted by atomic mass is 9.97. The van der Waals surface area contributed by atoms with Crippen molar-refractivity contribution in [3.8, 4) is 0 Å². The summed E-state index contributed by atoms with van der Waals surface area (Å²) in [6.07, 6.45) is 1.55. The van der Waals surface area contributed by atoms with Crippen molar-refractivity contribution in [3.63, 3.8) is 0 Å². The van der Waals surface area contributed by atoms with Gasteiger partial charge in [-0.25, -0.2) is 4.39 Å². The summed E-state index contributed by atoms with van der Waals surface area (Å²) >= 11 is 6.10. The summed E-state index contributed by atoms with van der Waals surface area (Å²) in [6, 6.07) is 7.78. The molecule has 1 aliphatic carbocycles. The second kappa shape index (κ2) is 6.52. The van der Waals surface area contributed by atoms with E-state index in [4.69, 9.17) is 11.6 Å². The van der Waals surface area contributed by atoms with E-state index in [0.29, 0.717) is 18.3 Å². The summed E-state index contributed by atoms with van der Waals surface area (Å²) in [7, 11) is 0. The van der Waals surface area contributed by atoms with Crippen LogP contribution in [0, 0.1) is 11.8 Å². The lowest BCUT2D eigenvalue weighted by Gasteiger charge is -2.24. The van der Waals surface area contributed by atoms with E-state index in [2.05, 4.69) is 21.6 Å². The third-order valence-corrected chi connectivity index (χ3v) is 5.99. The van der Waals surface area contributed by atoms with Crippen LogP contribution in [0.25, 0.3) is 0 Å². The zero-order valence-corrected chi connectivity index (χ0v) is 14.3. The molecule has 1 amide bonds. The van der Waals surface area contributed by atoms with E-state index in [1.165, 1.54) is 0 Å². The van der Waals surface area contributed by atoms with Crippen molar-refractivity contribution in [1.29, 1.82) is 0 Å². The topological polar surface area (TPSA) is 44.4 Å². The first-order valence-corrected chi connectivity index (χ1v) is 9.16. The minimum Gasteiger partial charge on any atom is -0.371 e. The molecular weight excluding hydrogens is 329 g/mol. The summed E-state index contributed by atoms with van der Waals surface area (Å²) in [4.78, 5) is 14.7. The normalized spacial score (nSPS) is 35.2. The number of hydrogen-bond donors (Lipinski definition) is 2. The molecule has 0 aromatic heterocycles. The van der Waals surface area contributed by atoms with E-state index in [0.717, 1.165) is 36.6 Å². The highest BCUT2D eigenvalue weighted by Crippen LogP contribution is 2.40. The Labute approximate surface area is 146 Å². The Bertz CT molecular complexity index is 628. The van der Waals surface area contributed by atoms with Crippen molar-refractivity contribution in [1.82, 2.24) is 10.6 Å². The van der Waals surface area contributed by atoms with Crippen molar-refractivity contribution >= 4 is 23.2 Å². The highest BCUT2D eigenvalue weighted by molar-refractivity contribution is 6.30. The lowest BCUT2D eigenvalue weighted by Crippen LogP contribution is -2.47. The van der Waals surface area contributed by atoms with Crippen LogP contribution in [-0.2, 0) is 4.79 Å². The van der Waals surface area contributed by atoms with E-state index in [1.54, 1.807) is 0 Å². The van der Waals surface area contributed by atoms with E-state index in [9.17, 15) is 9.18 Å². The fourth-order valence-electron chi connectivity index (χ4n) is 4.50. The highest BCUT2D eigenvalue weighted by Gasteiger charge is 2.44. The number of hydrogen-bond acceptors (Lipinski definition) is 3. The van der Waals surface area contributed by atoms with Crippen LogP contribution in [0.1, 0.15) is 19.3 Å². The second-order valence-electron chi connectivity index (χ2n) is 7.30. The molecule has 24 heavy (non-hydrogen) atoms.